The molecule has 1 aliphatic carbocycles. The van der Waals surface area contributed by atoms with Crippen LogP contribution in [-0.2, 0) is 0 Å². The van der Waals surface area contributed by atoms with Crippen molar-refractivity contribution < 1.29 is 9.47 Å². The van der Waals surface area contributed by atoms with Crippen LogP contribution in [0.15, 0.2) is 54.7 Å². The SMILES string of the molecule is C=C/C=C\C=C(C)C.COc1cc(C)ccc1OCC1CC1(C)C. The summed E-state index contributed by atoms with van der Waals surface area (Å²) in [6.07, 6.45) is 8.96. The third kappa shape index (κ3) is 7.08. The summed E-state index contributed by atoms with van der Waals surface area (Å²) in [5, 5.41) is 0. The average Bonchev–Trinajstić information content (AvgIpc) is 3.13. The molecule has 1 unspecified atom stereocenters. The predicted molar refractivity (Wildman–Crippen MR) is 104 cm³/mol. The highest BCUT2D eigenvalue weighted by Gasteiger charge is 2.45. The van der Waals surface area contributed by atoms with Crippen molar-refractivity contribution in [3.05, 3.63) is 60.2 Å². The molecule has 0 spiro atoms. The van der Waals surface area contributed by atoms with Crippen LogP contribution in [0.3, 0.4) is 0 Å². The first-order chi connectivity index (χ1) is 11.3. The van der Waals surface area contributed by atoms with Crippen molar-refractivity contribution in [3.8, 4) is 11.5 Å². The molecule has 0 aromatic heterocycles. The molecular weight excluding hydrogens is 296 g/mol. The van der Waals surface area contributed by atoms with Crippen LogP contribution in [0.1, 0.15) is 39.7 Å². The lowest BCUT2D eigenvalue weighted by Crippen LogP contribution is -2.05. The summed E-state index contributed by atoms with van der Waals surface area (Å²) >= 11 is 0. The normalized spacial score (nSPS) is 17.5. The zero-order valence-electron chi connectivity index (χ0n) is 16.1. The van der Waals surface area contributed by atoms with E-state index in [0.29, 0.717) is 11.3 Å². The van der Waals surface area contributed by atoms with E-state index in [1.807, 2.05) is 30.4 Å². The fraction of sp³-hybridized carbons (Fsp3) is 0.455. The Morgan fingerprint density at radius 2 is 1.92 bits per heavy atom. The largest absolute Gasteiger partial charge is 0.493 e. The highest BCUT2D eigenvalue weighted by Crippen LogP contribution is 2.51. The van der Waals surface area contributed by atoms with Crippen molar-refractivity contribution in [2.75, 3.05) is 13.7 Å². The molecule has 0 heterocycles. The van der Waals surface area contributed by atoms with Crippen LogP contribution in [0.25, 0.3) is 0 Å². The van der Waals surface area contributed by atoms with Crippen molar-refractivity contribution in [2.24, 2.45) is 11.3 Å². The Morgan fingerprint density at radius 1 is 1.25 bits per heavy atom. The summed E-state index contributed by atoms with van der Waals surface area (Å²) in [5.41, 5.74) is 2.97. The van der Waals surface area contributed by atoms with E-state index >= 15 is 0 Å². The van der Waals surface area contributed by atoms with E-state index in [2.05, 4.69) is 47.3 Å². The second kappa shape index (κ2) is 9.36. The predicted octanol–water partition coefficient (Wildman–Crippen LogP) is 6.12. The Labute approximate surface area is 147 Å². The molecule has 1 aromatic rings. The van der Waals surface area contributed by atoms with Crippen LogP contribution in [-0.4, -0.2) is 13.7 Å². The van der Waals surface area contributed by atoms with Gasteiger partial charge in [-0.3, -0.25) is 0 Å². The molecule has 0 saturated heterocycles. The van der Waals surface area contributed by atoms with Gasteiger partial charge in [-0.2, -0.15) is 0 Å². The van der Waals surface area contributed by atoms with Crippen LogP contribution < -0.4 is 9.47 Å². The lowest BCUT2D eigenvalue weighted by atomic mass is 10.1. The number of aryl methyl sites for hydroxylation is 1. The van der Waals surface area contributed by atoms with Crippen molar-refractivity contribution in [1.29, 1.82) is 0 Å². The van der Waals surface area contributed by atoms with E-state index in [1.165, 1.54) is 17.6 Å². The molecule has 24 heavy (non-hydrogen) atoms. The standard InChI is InChI=1S/C14H20O2.C8H12/c1-10-5-6-12(13(7-10)15-4)16-9-11-8-14(11,2)3;1-4-5-6-7-8(2)3/h5-7,11H,8-9H2,1-4H3;4-7H,1H2,2-3H3/b;6-5-. The summed E-state index contributed by atoms with van der Waals surface area (Å²) in [4.78, 5) is 0. The molecule has 1 fully saturated rings. The average molecular weight is 328 g/mol. The van der Waals surface area contributed by atoms with Gasteiger partial charge in [0, 0.05) is 0 Å². The minimum absolute atomic E-state index is 0.470. The molecule has 1 aromatic carbocycles. The second-order valence-electron chi connectivity index (χ2n) is 7.22. The smallest absolute Gasteiger partial charge is 0.161 e. The molecule has 2 heteroatoms. The third-order valence-corrected chi connectivity index (χ3v) is 4.15. The number of allylic oxidation sites excluding steroid dienone is 5. The fourth-order valence-corrected chi connectivity index (χ4v) is 2.27. The maximum absolute atomic E-state index is 5.82. The summed E-state index contributed by atoms with van der Waals surface area (Å²) in [5.74, 6) is 2.38. The van der Waals surface area contributed by atoms with Gasteiger partial charge in [-0.15, -0.1) is 0 Å². The van der Waals surface area contributed by atoms with Crippen molar-refractivity contribution >= 4 is 0 Å². The summed E-state index contributed by atoms with van der Waals surface area (Å²) in [6.45, 7) is 15.1. The Hall–Kier alpha value is -1.96. The van der Waals surface area contributed by atoms with E-state index in [1.54, 1.807) is 13.2 Å². The van der Waals surface area contributed by atoms with Gasteiger partial charge < -0.3 is 9.47 Å². The van der Waals surface area contributed by atoms with E-state index in [4.69, 9.17) is 9.47 Å². The maximum atomic E-state index is 5.82. The van der Waals surface area contributed by atoms with Crippen molar-refractivity contribution in [3.63, 3.8) is 0 Å². The van der Waals surface area contributed by atoms with Gasteiger partial charge >= 0.3 is 0 Å². The number of hydrogen-bond acceptors (Lipinski definition) is 2. The van der Waals surface area contributed by atoms with Gasteiger partial charge in [-0.25, -0.2) is 0 Å². The molecular formula is C22H32O2. The quantitative estimate of drug-likeness (QED) is 0.585. The van der Waals surface area contributed by atoms with Gasteiger partial charge in [-0.05, 0) is 56.2 Å². The van der Waals surface area contributed by atoms with Crippen LogP contribution in [0.4, 0.5) is 0 Å². The summed E-state index contributed by atoms with van der Waals surface area (Å²) in [6, 6.07) is 6.05. The molecule has 0 bridgehead atoms. The van der Waals surface area contributed by atoms with Gasteiger partial charge in [0.05, 0.1) is 13.7 Å². The number of rotatable bonds is 6. The molecule has 1 atom stereocenters. The van der Waals surface area contributed by atoms with E-state index < -0.39 is 0 Å². The summed E-state index contributed by atoms with van der Waals surface area (Å²) < 4.78 is 11.1. The molecule has 0 aliphatic heterocycles. The topological polar surface area (TPSA) is 18.5 Å². The second-order valence-corrected chi connectivity index (χ2v) is 7.22. The Balaban J connectivity index is 0.000000307. The Bertz CT molecular complexity index is 590. The monoisotopic (exact) mass is 328 g/mol. The number of methoxy groups -OCH3 is 1. The molecule has 132 valence electrons. The van der Waals surface area contributed by atoms with Crippen LogP contribution in [0, 0.1) is 18.3 Å². The molecule has 0 amide bonds. The van der Waals surface area contributed by atoms with Crippen molar-refractivity contribution in [1.82, 2.24) is 0 Å². The van der Waals surface area contributed by atoms with Gasteiger partial charge in [0.2, 0.25) is 0 Å². The first-order valence-electron chi connectivity index (χ1n) is 8.50. The Kier molecular flexibility index (Phi) is 7.84. The zero-order chi connectivity index (χ0) is 18.2. The molecule has 0 radical (unpaired) electrons. The van der Waals surface area contributed by atoms with Crippen LogP contribution in [0.2, 0.25) is 0 Å². The lowest BCUT2D eigenvalue weighted by molar-refractivity contribution is 0.264. The van der Waals surface area contributed by atoms with Gasteiger partial charge in [0.1, 0.15) is 0 Å². The van der Waals surface area contributed by atoms with E-state index in [-0.39, 0.29) is 0 Å². The van der Waals surface area contributed by atoms with Crippen LogP contribution in [0.5, 0.6) is 11.5 Å². The first kappa shape index (κ1) is 20.1. The van der Waals surface area contributed by atoms with Gasteiger partial charge in [0.25, 0.3) is 0 Å². The molecule has 2 nitrogen and oxygen atoms in total. The highest BCUT2D eigenvalue weighted by atomic mass is 16.5. The highest BCUT2D eigenvalue weighted by molar-refractivity contribution is 5.42. The maximum Gasteiger partial charge on any atom is 0.161 e. The van der Waals surface area contributed by atoms with E-state index in [9.17, 15) is 0 Å². The minimum atomic E-state index is 0.470. The zero-order valence-corrected chi connectivity index (χ0v) is 16.1. The molecule has 1 aliphatic rings. The molecule has 1 saturated carbocycles. The van der Waals surface area contributed by atoms with Gasteiger partial charge in [-0.1, -0.05) is 56.4 Å². The van der Waals surface area contributed by atoms with Gasteiger partial charge in [0.15, 0.2) is 11.5 Å². The van der Waals surface area contributed by atoms with E-state index in [0.717, 1.165) is 18.1 Å². The first-order valence-corrected chi connectivity index (χ1v) is 8.50. The molecule has 2 rings (SSSR count). The third-order valence-electron chi connectivity index (χ3n) is 4.15. The van der Waals surface area contributed by atoms with Crippen LogP contribution >= 0.6 is 0 Å². The minimum Gasteiger partial charge on any atom is -0.493 e. The van der Waals surface area contributed by atoms with Crippen molar-refractivity contribution in [2.45, 2.75) is 41.0 Å². The number of hydrogen-bond donors (Lipinski definition) is 0. The number of ether oxygens (including phenoxy) is 2. The lowest BCUT2D eigenvalue weighted by Gasteiger charge is -2.11. The fourth-order valence-electron chi connectivity index (χ4n) is 2.27. The number of benzene rings is 1. The molecule has 0 N–H and O–H groups in total. The summed E-state index contributed by atoms with van der Waals surface area (Å²) in [7, 11) is 1.68. The Morgan fingerprint density at radius 3 is 2.42 bits per heavy atom.